The van der Waals surface area contributed by atoms with E-state index in [1.54, 1.807) is 21.3 Å². The van der Waals surface area contributed by atoms with Crippen LogP contribution in [0.5, 0.6) is 5.75 Å². The molecule has 2 saturated heterocycles. The van der Waals surface area contributed by atoms with Crippen LogP contribution >= 0.6 is 15.9 Å². The smallest absolute Gasteiger partial charge is 0.282 e. The van der Waals surface area contributed by atoms with E-state index in [0.29, 0.717) is 30.7 Å². The van der Waals surface area contributed by atoms with Crippen LogP contribution in [0.2, 0.25) is 0 Å². The standard InChI is InChI=1S/C17H24BrN3O4S/c18-14-5-6-16(22)15(13-14)17(23)19-9-11-21(12-10-19)26(24,25)20-7-3-1-2-4-8-20/h5-6,13,22H,1-4,7-12H2. The summed E-state index contributed by atoms with van der Waals surface area (Å²) in [7, 11) is -3.47. The molecular weight excluding hydrogens is 422 g/mol. The van der Waals surface area contributed by atoms with Gasteiger partial charge in [-0.15, -0.1) is 0 Å². The van der Waals surface area contributed by atoms with Crippen molar-refractivity contribution in [1.82, 2.24) is 13.5 Å². The first-order valence-electron chi connectivity index (χ1n) is 8.92. The molecule has 1 N–H and O–H groups in total. The zero-order valence-electron chi connectivity index (χ0n) is 14.6. The van der Waals surface area contributed by atoms with Crippen molar-refractivity contribution in [1.29, 1.82) is 0 Å². The van der Waals surface area contributed by atoms with E-state index in [1.807, 2.05) is 0 Å². The number of phenols is 1. The highest BCUT2D eigenvalue weighted by Gasteiger charge is 2.34. The van der Waals surface area contributed by atoms with Crippen LogP contribution in [0.1, 0.15) is 36.0 Å². The van der Waals surface area contributed by atoms with Crippen LogP contribution in [0.25, 0.3) is 0 Å². The molecule has 2 aliphatic rings. The van der Waals surface area contributed by atoms with Crippen molar-refractivity contribution >= 4 is 32.0 Å². The van der Waals surface area contributed by atoms with Crippen molar-refractivity contribution in [3.8, 4) is 5.75 Å². The lowest BCUT2D eigenvalue weighted by Gasteiger charge is -2.36. The molecule has 144 valence electrons. The van der Waals surface area contributed by atoms with Gasteiger partial charge in [0.1, 0.15) is 5.75 Å². The number of aromatic hydroxyl groups is 1. The van der Waals surface area contributed by atoms with Crippen molar-refractivity contribution in [2.75, 3.05) is 39.3 Å². The second kappa shape index (κ2) is 8.24. The number of phenolic OH excluding ortho intramolecular Hbond substituents is 1. The van der Waals surface area contributed by atoms with Crippen molar-refractivity contribution in [2.45, 2.75) is 25.7 Å². The number of nitrogens with zero attached hydrogens (tertiary/aromatic N) is 3. The number of halogens is 1. The monoisotopic (exact) mass is 445 g/mol. The molecule has 0 spiro atoms. The van der Waals surface area contributed by atoms with Gasteiger partial charge in [0.15, 0.2) is 0 Å². The second-order valence-electron chi connectivity index (χ2n) is 6.67. The number of piperazine rings is 1. The fourth-order valence-electron chi connectivity index (χ4n) is 3.41. The van der Waals surface area contributed by atoms with Gasteiger partial charge in [-0.1, -0.05) is 28.8 Å². The van der Waals surface area contributed by atoms with Gasteiger partial charge in [-0.05, 0) is 31.0 Å². The first-order chi connectivity index (χ1) is 12.4. The van der Waals surface area contributed by atoms with Crippen LogP contribution < -0.4 is 0 Å². The van der Waals surface area contributed by atoms with Gasteiger partial charge < -0.3 is 10.0 Å². The normalized spacial score (nSPS) is 20.7. The molecule has 2 heterocycles. The Labute approximate surface area is 162 Å². The van der Waals surface area contributed by atoms with Gasteiger partial charge >= 0.3 is 0 Å². The van der Waals surface area contributed by atoms with Gasteiger partial charge in [-0.25, -0.2) is 0 Å². The highest BCUT2D eigenvalue weighted by atomic mass is 79.9. The molecule has 3 rings (SSSR count). The average molecular weight is 446 g/mol. The maximum Gasteiger partial charge on any atom is 0.282 e. The summed E-state index contributed by atoms with van der Waals surface area (Å²) < 4.78 is 29.4. The summed E-state index contributed by atoms with van der Waals surface area (Å²) in [4.78, 5) is 14.2. The minimum absolute atomic E-state index is 0.0715. The average Bonchev–Trinajstić information content (AvgIpc) is 2.93. The molecular formula is C17H24BrN3O4S. The molecule has 0 aliphatic carbocycles. The molecule has 0 unspecified atom stereocenters. The van der Waals surface area contributed by atoms with Crippen molar-refractivity contribution < 1.29 is 18.3 Å². The molecule has 0 bridgehead atoms. The highest BCUT2D eigenvalue weighted by molar-refractivity contribution is 9.10. The van der Waals surface area contributed by atoms with Crippen LogP contribution in [-0.2, 0) is 10.2 Å². The Kier molecular flexibility index (Phi) is 6.21. The molecule has 0 aromatic heterocycles. The van der Waals surface area contributed by atoms with Crippen LogP contribution in [0, 0.1) is 0 Å². The number of carbonyl (C=O) groups excluding carboxylic acids is 1. The van der Waals surface area contributed by atoms with Crippen LogP contribution in [-0.4, -0.2) is 72.2 Å². The van der Waals surface area contributed by atoms with Gasteiger partial charge in [0, 0.05) is 43.7 Å². The van der Waals surface area contributed by atoms with E-state index in [4.69, 9.17) is 0 Å². The quantitative estimate of drug-likeness (QED) is 0.771. The fraction of sp³-hybridized carbons (Fsp3) is 0.588. The molecule has 0 saturated carbocycles. The summed E-state index contributed by atoms with van der Waals surface area (Å²) in [6.45, 7) is 2.34. The van der Waals surface area contributed by atoms with E-state index in [2.05, 4.69) is 15.9 Å². The van der Waals surface area contributed by atoms with Gasteiger partial charge in [0.05, 0.1) is 5.56 Å². The molecule has 9 heteroatoms. The van der Waals surface area contributed by atoms with Gasteiger partial charge in [-0.2, -0.15) is 17.0 Å². The number of carbonyl (C=O) groups is 1. The lowest BCUT2D eigenvalue weighted by molar-refractivity contribution is 0.0691. The van der Waals surface area contributed by atoms with Crippen molar-refractivity contribution in [2.24, 2.45) is 0 Å². The third-order valence-corrected chi connectivity index (χ3v) is 7.46. The number of hydrogen-bond donors (Lipinski definition) is 1. The number of hydrogen-bond acceptors (Lipinski definition) is 4. The van der Waals surface area contributed by atoms with Crippen molar-refractivity contribution in [3.63, 3.8) is 0 Å². The van der Waals surface area contributed by atoms with E-state index >= 15 is 0 Å². The Morgan fingerprint density at radius 3 is 2.12 bits per heavy atom. The minimum atomic E-state index is -3.47. The Morgan fingerprint density at radius 2 is 1.50 bits per heavy atom. The van der Waals surface area contributed by atoms with Gasteiger partial charge in [-0.3, -0.25) is 4.79 Å². The highest BCUT2D eigenvalue weighted by Crippen LogP contribution is 2.24. The zero-order chi connectivity index (χ0) is 18.7. The first kappa shape index (κ1) is 19.6. The molecule has 2 aliphatic heterocycles. The maximum absolute atomic E-state index is 12.8. The van der Waals surface area contributed by atoms with E-state index in [1.165, 1.54) is 10.4 Å². The Balaban J connectivity index is 1.65. The predicted octanol–water partition coefficient (Wildman–Crippen LogP) is 2.03. The maximum atomic E-state index is 12.8. The van der Waals surface area contributed by atoms with E-state index in [0.717, 1.165) is 25.7 Å². The van der Waals surface area contributed by atoms with E-state index in [-0.39, 0.29) is 30.3 Å². The summed E-state index contributed by atoms with van der Waals surface area (Å²) in [5, 5.41) is 9.93. The summed E-state index contributed by atoms with van der Waals surface area (Å²) in [6.07, 6.45) is 3.95. The molecule has 26 heavy (non-hydrogen) atoms. The lowest BCUT2D eigenvalue weighted by atomic mass is 10.1. The summed E-state index contributed by atoms with van der Waals surface area (Å²) >= 11 is 3.30. The Morgan fingerprint density at radius 1 is 0.923 bits per heavy atom. The number of benzene rings is 1. The Hall–Kier alpha value is -1.16. The lowest BCUT2D eigenvalue weighted by Crippen LogP contribution is -2.54. The van der Waals surface area contributed by atoms with Crippen LogP contribution in [0.4, 0.5) is 0 Å². The Bertz CT molecular complexity index is 755. The van der Waals surface area contributed by atoms with E-state index in [9.17, 15) is 18.3 Å². The largest absolute Gasteiger partial charge is 0.507 e. The van der Waals surface area contributed by atoms with E-state index < -0.39 is 10.2 Å². The molecule has 1 aromatic rings. The number of rotatable bonds is 3. The van der Waals surface area contributed by atoms with Crippen LogP contribution in [0.15, 0.2) is 22.7 Å². The summed E-state index contributed by atoms with van der Waals surface area (Å²) in [5.74, 6) is -0.353. The fourth-order valence-corrected chi connectivity index (χ4v) is 5.44. The van der Waals surface area contributed by atoms with Gasteiger partial charge in [0.2, 0.25) is 0 Å². The van der Waals surface area contributed by atoms with Gasteiger partial charge in [0.25, 0.3) is 16.1 Å². The first-order valence-corrected chi connectivity index (χ1v) is 11.1. The molecule has 2 fully saturated rings. The summed E-state index contributed by atoms with van der Waals surface area (Å²) in [5.41, 5.74) is 0.225. The minimum Gasteiger partial charge on any atom is -0.507 e. The molecule has 0 atom stereocenters. The topological polar surface area (TPSA) is 81.2 Å². The molecule has 0 radical (unpaired) electrons. The number of amides is 1. The predicted molar refractivity (Wildman–Crippen MR) is 102 cm³/mol. The molecule has 1 amide bonds. The summed E-state index contributed by atoms with van der Waals surface area (Å²) in [6, 6.07) is 4.72. The molecule has 7 nitrogen and oxygen atoms in total. The zero-order valence-corrected chi connectivity index (χ0v) is 17.0. The SMILES string of the molecule is O=C(c1cc(Br)ccc1O)N1CCN(S(=O)(=O)N2CCCCCC2)CC1. The third-order valence-electron chi connectivity index (χ3n) is 4.93. The third kappa shape index (κ3) is 4.21. The molecule has 1 aromatic carbocycles. The second-order valence-corrected chi connectivity index (χ2v) is 9.52. The van der Waals surface area contributed by atoms with Crippen LogP contribution in [0.3, 0.4) is 0 Å². The van der Waals surface area contributed by atoms with Crippen molar-refractivity contribution in [3.05, 3.63) is 28.2 Å².